The number of rotatable bonds is 3. The molecular weight excluding hydrogens is 353 g/mol. The molecule has 0 aromatic heterocycles. The zero-order valence-electron chi connectivity index (χ0n) is 11.8. The van der Waals surface area contributed by atoms with Gasteiger partial charge in [0.1, 0.15) is 4.90 Å². The fraction of sp³-hybridized carbons (Fsp3) is 0.571. The van der Waals surface area contributed by atoms with Gasteiger partial charge in [0.25, 0.3) is 0 Å². The van der Waals surface area contributed by atoms with Gasteiger partial charge in [-0.2, -0.15) is 4.31 Å². The van der Waals surface area contributed by atoms with Crippen molar-refractivity contribution < 1.29 is 8.42 Å². The second-order valence-corrected chi connectivity index (χ2v) is 8.37. The topological polar surface area (TPSA) is 37.4 Å². The summed E-state index contributed by atoms with van der Waals surface area (Å²) in [7, 11) is -3.60. The summed E-state index contributed by atoms with van der Waals surface area (Å²) in [6, 6.07) is 3.00. The van der Waals surface area contributed by atoms with Crippen LogP contribution in [-0.4, -0.2) is 25.8 Å². The molecule has 0 amide bonds. The first-order chi connectivity index (χ1) is 9.87. The van der Waals surface area contributed by atoms with Crippen LogP contribution in [0.5, 0.6) is 0 Å². The van der Waals surface area contributed by atoms with Gasteiger partial charge in [0.15, 0.2) is 0 Å². The van der Waals surface area contributed by atoms with Gasteiger partial charge in [-0.1, -0.05) is 30.1 Å². The first kappa shape index (κ1) is 17.4. The number of hydrogen-bond acceptors (Lipinski definition) is 2. The number of benzene rings is 1. The van der Waals surface area contributed by atoms with Crippen LogP contribution in [0, 0.1) is 5.92 Å². The molecular formula is C14H18Cl3NO2S. The summed E-state index contributed by atoms with van der Waals surface area (Å²) >= 11 is 18.0. The predicted molar refractivity (Wildman–Crippen MR) is 87.8 cm³/mol. The van der Waals surface area contributed by atoms with Gasteiger partial charge in [0, 0.05) is 23.7 Å². The number of sulfonamides is 1. The molecule has 0 aliphatic carbocycles. The summed E-state index contributed by atoms with van der Waals surface area (Å²) in [4.78, 5) is 0.0961. The van der Waals surface area contributed by atoms with Gasteiger partial charge >= 0.3 is 0 Å². The van der Waals surface area contributed by atoms with Crippen molar-refractivity contribution in [1.82, 2.24) is 4.31 Å². The van der Waals surface area contributed by atoms with Crippen LogP contribution < -0.4 is 0 Å². The molecule has 1 aliphatic rings. The van der Waals surface area contributed by atoms with Crippen molar-refractivity contribution in [3.63, 3.8) is 0 Å². The van der Waals surface area contributed by atoms with Crippen LogP contribution in [-0.2, 0) is 15.9 Å². The van der Waals surface area contributed by atoms with Gasteiger partial charge in [-0.25, -0.2) is 8.42 Å². The minimum atomic E-state index is -3.60. The van der Waals surface area contributed by atoms with E-state index < -0.39 is 10.0 Å². The fourth-order valence-electron chi connectivity index (χ4n) is 2.51. The molecule has 1 aromatic carbocycles. The minimum Gasteiger partial charge on any atom is -0.207 e. The molecule has 1 aromatic rings. The van der Waals surface area contributed by atoms with Crippen molar-refractivity contribution in [2.24, 2.45) is 5.92 Å². The highest BCUT2D eigenvalue weighted by atomic mass is 35.5. The van der Waals surface area contributed by atoms with Crippen LogP contribution in [0.1, 0.15) is 31.7 Å². The molecule has 1 heterocycles. The number of alkyl halides is 1. The molecule has 1 unspecified atom stereocenters. The lowest BCUT2D eigenvalue weighted by atomic mass is 10.0. The molecule has 1 aliphatic heterocycles. The Labute approximate surface area is 141 Å². The number of halogens is 3. The monoisotopic (exact) mass is 369 g/mol. The third-order valence-electron chi connectivity index (χ3n) is 3.88. The van der Waals surface area contributed by atoms with Crippen molar-refractivity contribution in [2.75, 3.05) is 13.1 Å². The molecule has 7 heteroatoms. The Balaban J connectivity index is 2.40. The summed E-state index contributed by atoms with van der Waals surface area (Å²) in [5.74, 6) is 0.627. The van der Waals surface area contributed by atoms with Crippen LogP contribution in [0.15, 0.2) is 17.0 Å². The minimum absolute atomic E-state index is 0.0814. The molecule has 1 fully saturated rings. The lowest BCUT2D eigenvalue weighted by Gasteiger charge is -2.21. The summed E-state index contributed by atoms with van der Waals surface area (Å²) in [5.41, 5.74) is 0.462. The zero-order chi connectivity index (χ0) is 15.6. The van der Waals surface area contributed by atoms with Crippen molar-refractivity contribution in [3.05, 3.63) is 27.7 Å². The van der Waals surface area contributed by atoms with E-state index in [9.17, 15) is 8.42 Å². The third-order valence-corrected chi connectivity index (χ3v) is 6.98. The van der Waals surface area contributed by atoms with Gasteiger partial charge in [-0.3, -0.25) is 0 Å². The van der Waals surface area contributed by atoms with Crippen LogP contribution in [0.3, 0.4) is 0 Å². The molecule has 0 N–H and O–H groups in total. The van der Waals surface area contributed by atoms with E-state index in [4.69, 9.17) is 34.8 Å². The van der Waals surface area contributed by atoms with Crippen LogP contribution in [0.25, 0.3) is 0 Å². The molecule has 0 radical (unpaired) electrons. The molecule has 2 rings (SSSR count). The van der Waals surface area contributed by atoms with E-state index in [1.807, 2.05) is 0 Å². The standard InChI is InChI=1S/C14H18Cl3NO2S/c1-10-3-2-7-18(8-6-10)21(19,20)13-5-4-12(16)11(9-15)14(13)17/h4-5,10H,2-3,6-9H2,1H3. The number of nitrogens with zero attached hydrogens (tertiary/aromatic N) is 1. The fourth-order valence-corrected chi connectivity index (χ4v) is 5.31. The van der Waals surface area contributed by atoms with E-state index in [1.165, 1.54) is 10.4 Å². The van der Waals surface area contributed by atoms with E-state index in [-0.39, 0.29) is 15.8 Å². The molecule has 0 bridgehead atoms. The summed E-state index contributed by atoms with van der Waals surface area (Å²) in [6.07, 6.45) is 2.79. The quantitative estimate of drug-likeness (QED) is 0.732. The average molecular weight is 371 g/mol. The second-order valence-electron chi connectivity index (χ2n) is 5.41. The number of hydrogen-bond donors (Lipinski definition) is 0. The summed E-state index contributed by atoms with van der Waals surface area (Å²) < 4.78 is 27.1. The second kappa shape index (κ2) is 7.05. The van der Waals surface area contributed by atoms with Gasteiger partial charge in [-0.05, 0) is 37.3 Å². The molecule has 1 atom stereocenters. The van der Waals surface area contributed by atoms with Crippen molar-refractivity contribution >= 4 is 44.8 Å². The van der Waals surface area contributed by atoms with Gasteiger partial charge in [-0.15, -0.1) is 11.6 Å². The van der Waals surface area contributed by atoms with E-state index in [0.717, 1.165) is 19.3 Å². The Morgan fingerprint density at radius 3 is 2.62 bits per heavy atom. The molecule has 1 saturated heterocycles. The highest BCUT2D eigenvalue weighted by Crippen LogP contribution is 2.34. The van der Waals surface area contributed by atoms with Crippen LogP contribution >= 0.6 is 34.8 Å². The maximum Gasteiger partial charge on any atom is 0.244 e. The van der Waals surface area contributed by atoms with E-state index in [2.05, 4.69) is 6.92 Å². The molecule has 3 nitrogen and oxygen atoms in total. The van der Waals surface area contributed by atoms with Crippen molar-refractivity contribution in [1.29, 1.82) is 0 Å². The Bertz CT molecular complexity index is 619. The van der Waals surface area contributed by atoms with Crippen LogP contribution in [0.2, 0.25) is 10.0 Å². The Morgan fingerprint density at radius 2 is 1.95 bits per heavy atom. The largest absolute Gasteiger partial charge is 0.244 e. The van der Waals surface area contributed by atoms with Crippen LogP contribution in [0.4, 0.5) is 0 Å². The van der Waals surface area contributed by atoms with E-state index >= 15 is 0 Å². The Morgan fingerprint density at radius 1 is 1.24 bits per heavy atom. The molecule has 0 spiro atoms. The SMILES string of the molecule is CC1CCCN(S(=O)(=O)c2ccc(Cl)c(CCl)c2Cl)CC1. The molecule has 118 valence electrons. The third kappa shape index (κ3) is 3.67. The Kier molecular flexibility index (Phi) is 5.83. The summed E-state index contributed by atoms with van der Waals surface area (Å²) in [5, 5.41) is 0.522. The first-order valence-corrected chi connectivity index (χ1v) is 9.64. The van der Waals surface area contributed by atoms with Gasteiger partial charge < -0.3 is 0 Å². The van der Waals surface area contributed by atoms with E-state index in [0.29, 0.717) is 29.6 Å². The molecule has 21 heavy (non-hydrogen) atoms. The van der Waals surface area contributed by atoms with Gasteiger partial charge in [0.05, 0.1) is 10.9 Å². The normalized spacial score (nSPS) is 21.2. The van der Waals surface area contributed by atoms with Gasteiger partial charge in [0.2, 0.25) is 10.0 Å². The maximum atomic E-state index is 12.8. The zero-order valence-corrected chi connectivity index (χ0v) is 14.9. The highest BCUT2D eigenvalue weighted by molar-refractivity contribution is 7.89. The van der Waals surface area contributed by atoms with Crippen molar-refractivity contribution in [2.45, 2.75) is 37.0 Å². The highest BCUT2D eigenvalue weighted by Gasteiger charge is 2.29. The van der Waals surface area contributed by atoms with Crippen molar-refractivity contribution in [3.8, 4) is 0 Å². The van der Waals surface area contributed by atoms with E-state index in [1.54, 1.807) is 6.07 Å². The maximum absolute atomic E-state index is 12.8. The lowest BCUT2D eigenvalue weighted by Crippen LogP contribution is -2.32. The molecule has 0 saturated carbocycles. The summed E-state index contributed by atoms with van der Waals surface area (Å²) in [6.45, 7) is 3.21. The smallest absolute Gasteiger partial charge is 0.207 e. The predicted octanol–water partition coefficient (Wildman–Crippen LogP) is 4.54. The lowest BCUT2D eigenvalue weighted by molar-refractivity contribution is 0.417. The Hall–Kier alpha value is -0.000000000000000167. The first-order valence-electron chi connectivity index (χ1n) is 6.91. The average Bonchev–Trinajstić information content (AvgIpc) is 2.64.